The summed E-state index contributed by atoms with van der Waals surface area (Å²) >= 11 is 0. The minimum atomic E-state index is -0.959. The average Bonchev–Trinajstić information content (AvgIpc) is 2.74. The van der Waals surface area contributed by atoms with Crippen molar-refractivity contribution in [3.63, 3.8) is 0 Å². The van der Waals surface area contributed by atoms with Crippen LogP contribution < -0.4 is 22.9 Å². The minimum Gasteiger partial charge on any atom is -0.480 e. The quantitative estimate of drug-likeness (QED) is 0.237. The molecule has 0 aromatic heterocycles. The second-order valence-electron chi connectivity index (χ2n) is 7.11. The van der Waals surface area contributed by atoms with Crippen molar-refractivity contribution in [1.29, 1.82) is 0 Å². The van der Waals surface area contributed by atoms with E-state index in [9.17, 15) is 14.4 Å². The van der Waals surface area contributed by atoms with E-state index in [0.717, 1.165) is 24.8 Å². The molecule has 0 spiro atoms. The van der Waals surface area contributed by atoms with Crippen molar-refractivity contribution in [2.75, 3.05) is 6.54 Å². The van der Waals surface area contributed by atoms with Crippen molar-refractivity contribution in [3.05, 3.63) is 35.9 Å². The molecule has 0 aliphatic carbocycles. The van der Waals surface area contributed by atoms with Crippen LogP contribution in [0.1, 0.15) is 45.1 Å². The zero-order chi connectivity index (χ0) is 24.4. The van der Waals surface area contributed by atoms with Gasteiger partial charge in [-0.25, -0.2) is 0 Å². The number of rotatable bonds is 11. The lowest BCUT2D eigenvalue weighted by molar-refractivity contribution is -0.140. The van der Waals surface area contributed by atoms with Gasteiger partial charge in [-0.3, -0.25) is 14.4 Å². The van der Waals surface area contributed by atoms with Gasteiger partial charge in [0.15, 0.2) is 0 Å². The van der Waals surface area contributed by atoms with Gasteiger partial charge in [-0.15, -0.1) is 0 Å². The zero-order valence-corrected chi connectivity index (χ0v) is 18.3. The van der Waals surface area contributed by atoms with Gasteiger partial charge in [0.25, 0.3) is 0 Å². The van der Waals surface area contributed by atoms with Gasteiger partial charge >= 0.3 is 17.9 Å². The van der Waals surface area contributed by atoms with E-state index < -0.39 is 36.0 Å². The van der Waals surface area contributed by atoms with Crippen molar-refractivity contribution in [2.24, 2.45) is 28.9 Å². The van der Waals surface area contributed by atoms with E-state index in [2.05, 4.69) is 0 Å². The summed E-state index contributed by atoms with van der Waals surface area (Å²) in [6, 6.07) is 7.13. The number of carboxylic acids is 3. The molecule has 1 rings (SSSR count). The third-order valence-corrected chi connectivity index (χ3v) is 4.44. The number of carbonyl (C=O) groups is 3. The molecule has 0 saturated carbocycles. The Morgan fingerprint density at radius 1 is 0.871 bits per heavy atom. The molecule has 0 aliphatic rings. The minimum absolute atomic E-state index is 0.0718. The van der Waals surface area contributed by atoms with Crippen molar-refractivity contribution < 1.29 is 29.7 Å². The number of nitrogens with two attached hydrogens (primary N) is 4. The van der Waals surface area contributed by atoms with Crippen LogP contribution in [-0.2, 0) is 20.8 Å². The van der Waals surface area contributed by atoms with Crippen LogP contribution in [0.25, 0.3) is 0 Å². The molecular weight excluding hydrogens is 404 g/mol. The number of hydrogen-bond donors (Lipinski definition) is 7. The van der Waals surface area contributed by atoms with Crippen LogP contribution in [0.5, 0.6) is 0 Å². The van der Waals surface area contributed by atoms with Gasteiger partial charge in [-0.1, -0.05) is 57.0 Å². The smallest absolute Gasteiger partial charge is 0.320 e. The standard InChI is InChI=1S/C9H11NO2.C6H14N2O2.C6H13NO2/c10-8(9(11)12)6-7-4-2-1-3-5-7;7-4-2-1-3-5(8)6(9)10;1-3-4(2)5(7)6(8)9/h1-5,8H,6,10H2,(H,11,12);5H,1-4,7-8H2,(H,9,10);4-5H,3,7H2,1-2H3,(H,8,9)/t8-;5-;4-,5-/m000/s1. The number of benzene rings is 1. The molecule has 0 bridgehead atoms. The SMILES string of the molecule is CC[C@H](C)[C@H](N)C(=O)O.NCCCC[C@H](N)C(=O)O.N[C@@H](Cc1ccccc1)C(=O)O. The van der Waals surface area contributed by atoms with Gasteiger partial charge < -0.3 is 38.3 Å². The highest BCUT2D eigenvalue weighted by Gasteiger charge is 2.17. The monoisotopic (exact) mass is 442 g/mol. The van der Waals surface area contributed by atoms with Gasteiger partial charge in [0.2, 0.25) is 0 Å². The summed E-state index contributed by atoms with van der Waals surface area (Å²) in [5.41, 5.74) is 22.0. The fourth-order valence-electron chi connectivity index (χ4n) is 2.08. The summed E-state index contributed by atoms with van der Waals surface area (Å²) in [4.78, 5) is 30.7. The number of aliphatic carboxylic acids is 3. The lowest BCUT2D eigenvalue weighted by Crippen LogP contribution is -2.36. The molecule has 1 aromatic rings. The predicted octanol–water partition coefficient (Wildman–Crippen LogP) is 0.613. The molecule has 0 amide bonds. The summed E-state index contributed by atoms with van der Waals surface area (Å²) in [5.74, 6) is -2.73. The van der Waals surface area contributed by atoms with Crippen LogP contribution in [-0.4, -0.2) is 57.9 Å². The third kappa shape index (κ3) is 16.9. The van der Waals surface area contributed by atoms with Crippen molar-refractivity contribution in [1.82, 2.24) is 0 Å². The first-order chi connectivity index (χ1) is 14.5. The Morgan fingerprint density at radius 3 is 1.74 bits per heavy atom. The van der Waals surface area contributed by atoms with Gasteiger partial charge in [0, 0.05) is 0 Å². The Morgan fingerprint density at radius 2 is 1.39 bits per heavy atom. The second-order valence-corrected chi connectivity index (χ2v) is 7.11. The van der Waals surface area contributed by atoms with E-state index in [1.807, 2.05) is 44.2 Å². The normalized spacial score (nSPS) is 13.9. The van der Waals surface area contributed by atoms with Gasteiger partial charge in [-0.2, -0.15) is 0 Å². The Labute approximate surface area is 183 Å². The predicted molar refractivity (Wildman–Crippen MR) is 119 cm³/mol. The molecule has 4 atom stereocenters. The highest BCUT2D eigenvalue weighted by molar-refractivity contribution is 5.74. The summed E-state index contributed by atoms with van der Waals surface area (Å²) < 4.78 is 0. The van der Waals surface area contributed by atoms with E-state index in [0.29, 0.717) is 19.4 Å². The molecule has 0 unspecified atom stereocenters. The summed E-state index contributed by atoms with van der Waals surface area (Å²) in [7, 11) is 0. The molecule has 10 heteroatoms. The molecule has 0 radical (unpaired) electrons. The van der Waals surface area contributed by atoms with Crippen LogP contribution >= 0.6 is 0 Å². The molecule has 0 heterocycles. The maximum absolute atomic E-state index is 10.4. The van der Waals surface area contributed by atoms with E-state index in [-0.39, 0.29) is 5.92 Å². The maximum Gasteiger partial charge on any atom is 0.320 e. The number of unbranched alkanes of at least 4 members (excludes halogenated alkanes) is 1. The molecule has 11 N–H and O–H groups in total. The van der Waals surface area contributed by atoms with Crippen LogP contribution in [0.2, 0.25) is 0 Å². The highest BCUT2D eigenvalue weighted by Crippen LogP contribution is 2.04. The van der Waals surface area contributed by atoms with E-state index in [4.69, 9.17) is 38.3 Å². The van der Waals surface area contributed by atoms with Gasteiger partial charge in [0.05, 0.1) is 0 Å². The fraction of sp³-hybridized carbons (Fsp3) is 0.571. The van der Waals surface area contributed by atoms with Crippen LogP contribution in [0, 0.1) is 5.92 Å². The lowest BCUT2D eigenvalue weighted by Gasteiger charge is -2.11. The Bertz CT molecular complexity index is 630. The Kier molecular flexibility index (Phi) is 18.1. The molecule has 10 nitrogen and oxygen atoms in total. The molecular formula is C21H38N4O6. The van der Waals surface area contributed by atoms with Gasteiger partial charge in [-0.05, 0) is 37.3 Å². The van der Waals surface area contributed by atoms with Crippen molar-refractivity contribution in [2.45, 2.75) is 64.1 Å². The topological polar surface area (TPSA) is 216 Å². The molecule has 0 aliphatic heterocycles. The third-order valence-electron chi connectivity index (χ3n) is 4.44. The van der Waals surface area contributed by atoms with Crippen LogP contribution in [0.15, 0.2) is 30.3 Å². The molecule has 0 saturated heterocycles. The van der Waals surface area contributed by atoms with E-state index >= 15 is 0 Å². The number of carboxylic acid groups (broad SMARTS) is 3. The Hall–Kier alpha value is -2.53. The largest absolute Gasteiger partial charge is 0.480 e. The molecule has 31 heavy (non-hydrogen) atoms. The average molecular weight is 443 g/mol. The summed E-state index contributed by atoms with van der Waals surface area (Å²) in [6.45, 7) is 4.36. The van der Waals surface area contributed by atoms with Gasteiger partial charge in [0.1, 0.15) is 18.1 Å². The maximum atomic E-state index is 10.4. The second kappa shape index (κ2) is 18.3. The van der Waals surface area contributed by atoms with Crippen molar-refractivity contribution >= 4 is 17.9 Å². The zero-order valence-electron chi connectivity index (χ0n) is 18.3. The highest BCUT2D eigenvalue weighted by atomic mass is 16.4. The summed E-state index contributed by atoms with van der Waals surface area (Å²) in [6.07, 6.45) is 3.36. The number of hydrogen-bond acceptors (Lipinski definition) is 7. The first kappa shape index (κ1) is 30.7. The van der Waals surface area contributed by atoms with E-state index in [1.54, 1.807) is 0 Å². The summed E-state index contributed by atoms with van der Waals surface area (Å²) in [5, 5.41) is 25.2. The first-order valence-corrected chi connectivity index (χ1v) is 10.2. The first-order valence-electron chi connectivity index (χ1n) is 10.2. The van der Waals surface area contributed by atoms with Crippen LogP contribution in [0.4, 0.5) is 0 Å². The lowest BCUT2D eigenvalue weighted by atomic mass is 10.0. The molecule has 0 fully saturated rings. The molecule has 1 aromatic carbocycles. The van der Waals surface area contributed by atoms with Crippen molar-refractivity contribution in [3.8, 4) is 0 Å². The fourth-order valence-corrected chi connectivity index (χ4v) is 2.08. The van der Waals surface area contributed by atoms with Crippen LogP contribution in [0.3, 0.4) is 0 Å². The van der Waals surface area contributed by atoms with E-state index in [1.165, 1.54) is 0 Å². The molecule has 178 valence electrons. The Balaban J connectivity index is 0.